The van der Waals surface area contributed by atoms with Gasteiger partial charge in [-0.2, -0.15) is 5.26 Å². The van der Waals surface area contributed by atoms with Gasteiger partial charge in [-0.05, 0) is 75.1 Å². The second kappa shape index (κ2) is 9.75. The summed E-state index contributed by atoms with van der Waals surface area (Å²) in [5, 5.41) is 30.9. The third kappa shape index (κ3) is 4.46. The number of carbonyl (C=O) groups excluding carboxylic acids is 1. The molecule has 1 aliphatic heterocycles. The van der Waals surface area contributed by atoms with Crippen LogP contribution in [-0.4, -0.2) is 38.2 Å². The van der Waals surface area contributed by atoms with E-state index in [0.29, 0.717) is 34.7 Å². The number of nitriles is 1. The van der Waals surface area contributed by atoms with E-state index in [1.165, 1.54) is 37.1 Å². The number of pyridine rings is 1. The van der Waals surface area contributed by atoms with E-state index in [1.807, 2.05) is 6.07 Å². The molecule has 7 nitrogen and oxygen atoms in total. The summed E-state index contributed by atoms with van der Waals surface area (Å²) in [6.45, 7) is 2.97. The molecule has 0 spiro atoms. The van der Waals surface area contributed by atoms with Crippen molar-refractivity contribution in [2.24, 2.45) is 0 Å². The number of hydrogen-bond donors (Lipinski definition) is 2. The van der Waals surface area contributed by atoms with E-state index in [1.54, 1.807) is 36.4 Å². The van der Waals surface area contributed by atoms with Crippen molar-refractivity contribution >= 4 is 17.5 Å². The van der Waals surface area contributed by atoms with Gasteiger partial charge < -0.3 is 14.9 Å². The van der Waals surface area contributed by atoms with E-state index >= 15 is 4.39 Å². The molecule has 2 N–H and O–H groups in total. The molecule has 1 amide bonds. The molecule has 0 radical (unpaired) electrons. The molecule has 38 heavy (non-hydrogen) atoms. The van der Waals surface area contributed by atoms with E-state index in [2.05, 4.69) is 4.98 Å². The quantitative estimate of drug-likeness (QED) is 0.471. The Morgan fingerprint density at radius 1 is 1.24 bits per heavy atom. The Bertz CT molecular complexity index is 1420. The summed E-state index contributed by atoms with van der Waals surface area (Å²) in [5.74, 6) is -1.23. The number of carbonyl (C=O) groups is 1. The Morgan fingerprint density at radius 2 is 1.97 bits per heavy atom. The maximum atomic E-state index is 16.2. The average Bonchev–Trinajstić information content (AvgIpc) is 3.39. The van der Waals surface area contributed by atoms with Gasteiger partial charge in [0.05, 0.1) is 46.7 Å². The second-order valence-corrected chi connectivity index (χ2v) is 10.7. The number of amides is 1. The fourth-order valence-corrected chi connectivity index (χ4v) is 5.38. The van der Waals surface area contributed by atoms with Crippen LogP contribution in [0.1, 0.15) is 71.4 Å². The van der Waals surface area contributed by atoms with Crippen LogP contribution in [0.2, 0.25) is 5.02 Å². The first-order valence-corrected chi connectivity index (χ1v) is 12.8. The van der Waals surface area contributed by atoms with Crippen LogP contribution in [0.25, 0.3) is 0 Å². The zero-order chi connectivity index (χ0) is 27.2. The lowest BCUT2D eigenvalue weighted by Crippen LogP contribution is -2.50. The van der Waals surface area contributed by atoms with E-state index < -0.39 is 35.3 Å². The first kappa shape index (κ1) is 26.3. The van der Waals surface area contributed by atoms with Crippen LogP contribution in [0, 0.1) is 17.1 Å². The average molecular weight is 536 g/mol. The summed E-state index contributed by atoms with van der Waals surface area (Å²) in [5.41, 5.74) is -1.57. The predicted molar refractivity (Wildman–Crippen MR) is 137 cm³/mol. The minimum Gasteiger partial charge on any atom is -0.390 e. The number of aliphatic hydroxyl groups is 2. The molecule has 3 atom stereocenters. The maximum absolute atomic E-state index is 16.2. The molecule has 5 rings (SSSR count). The van der Waals surface area contributed by atoms with Crippen molar-refractivity contribution < 1.29 is 24.1 Å². The minimum absolute atomic E-state index is 0.00516. The van der Waals surface area contributed by atoms with Crippen molar-refractivity contribution in [2.45, 2.75) is 63.2 Å². The van der Waals surface area contributed by atoms with Gasteiger partial charge in [-0.1, -0.05) is 23.7 Å². The number of rotatable bonds is 6. The number of benzene rings is 2. The van der Waals surface area contributed by atoms with Crippen LogP contribution in [0.15, 0.2) is 54.7 Å². The van der Waals surface area contributed by atoms with Crippen molar-refractivity contribution in [3.05, 3.63) is 99.1 Å². The van der Waals surface area contributed by atoms with Gasteiger partial charge in [-0.3, -0.25) is 14.7 Å². The van der Waals surface area contributed by atoms with Gasteiger partial charge in [0.1, 0.15) is 11.9 Å². The van der Waals surface area contributed by atoms with Crippen molar-refractivity contribution in [1.82, 2.24) is 9.88 Å². The third-order valence-corrected chi connectivity index (χ3v) is 7.49. The highest BCUT2D eigenvalue weighted by atomic mass is 35.5. The Kier molecular flexibility index (Phi) is 6.74. The van der Waals surface area contributed by atoms with Gasteiger partial charge in [0.25, 0.3) is 5.91 Å². The number of ether oxygens (including phenoxy) is 1. The topological polar surface area (TPSA) is 107 Å². The molecule has 2 aliphatic rings. The first-order valence-electron chi connectivity index (χ1n) is 12.4. The number of hydrogen-bond acceptors (Lipinski definition) is 6. The highest BCUT2D eigenvalue weighted by molar-refractivity contribution is 6.30. The van der Waals surface area contributed by atoms with Gasteiger partial charge in [-0.25, -0.2) is 4.39 Å². The van der Waals surface area contributed by atoms with Crippen LogP contribution >= 0.6 is 11.6 Å². The summed E-state index contributed by atoms with van der Waals surface area (Å²) < 4.78 is 22.8. The van der Waals surface area contributed by atoms with Crippen molar-refractivity contribution in [2.75, 3.05) is 0 Å². The van der Waals surface area contributed by atoms with E-state index in [0.717, 1.165) is 6.42 Å². The van der Waals surface area contributed by atoms with Crippen molar-refractivity contribution in [3.8, 4) is 6.07 Å². The second-order valence-electron chi connectivity index (χ2n) is 10.3. The van der Waals surface area contributed by atoms with Gasteiger partial charge >= 0.3 is 0 Å². The molecule has 3 aromatic rings. The Morgan fingerprint density at radius 3 is 2.55 bits per heavy atom. The lowest BCUT2D eigenvalue weighted by molar-refractivity contribution is -0.169. The van der Waals surface area contributed by atoms with Crippen LogP contribution in [0.5, 0.6) is 0 Å². The summed E-state index contributed by atoms with van der Waals surface area (Å²) >= 11 is 6.18. The van der Waals surface area contributed by atoms with Gasteiger partial charge in [-0.15, -0.1) is 0 Å². The Hall–Kier alpha value is -3.35. The summed E-state index contributed by atoms with van der Waals surface area (Å²) in [6.07, 6.45) is 1.75. The fourth-order valence-electron chi connectivity index (χ4n) is 5.26. The summed E-state index contributed by atoms with van der Waals surface area (Å²) in [6, 6.07) is 14.6. The number of nitrogens with zero attached hydrogens (tertiary/aromatic N) is 3. The van der Waals surface area contributed by atoms with Crippen LogP contribution in [0.4, 0.5) is 4.39 Å². The van der Waals surface area contributed by atoms with Gasteiger partial charge in [0.2, 0.25) is 5.72 Å². The highest BCUT2D eigenvalue weighted by Gasteiger charge is 2.56. The summed E-state index contributed by atoms with van der Waals surface area (Å²) in [4.78, 5) is 19.8. The zero-order valence-electron chi connectivity index (χ0n) is 21.0. The molecule has 2 aromatic carbocycles. The van der Waals surface area contributed by atoms with Crippen LogP contribution in [-0.2, 0) is 22.6 Å². The number of aromatic nitrogens is 1. The molecular weight excluding hydrogens is 509 g/mol. The van der Waals surface area contributed by atoms with E-state index in [-0.39, 0.29) is 23.2 Å². The van der Waals surface area contributed by atoms with Crippen molar-refractivity contribution in [3.63, 3.8) is 0 Å². The van der Waals surface area contributed by atoms with Gasteiger partial charge in [0.15, 0.2) is 0 Å². The SMILES string of the molecule is CC(C)(O)c1cc(F)c2c(c1)C(=O)N(Cc1ccc(C#N)cn1)[C@@]2(O[C@@H]1CCC[C@H]1O)c1ccc(Cl)cc1. The minimum atomic E-state index is -1.75. The normalized spacial score (nSPS) is 23.0. The van der Waals surface area contributed by atoms with Gasteiger partial charge in [0, 0.05) is 16.8 Å². The molecular formula is C29H27ClFN3O4. The maximum Gasteiger partial charge on any atom is 0.257 e. The zero-order valence-corrected chi connectivity index (χ0v) is 21.7. The molecule has 0 unspecified atom stereocenters. The molecule has 196 valence electrons. The standard InChI is InChI=1S/C29H27ClFN3O4/c1-28(2,37)19-12-22-26(23(31)13-19)29(18-7-9-20(30)10-8-18,38-25-5-3-4-24(25)35)34(27(22)36)16-21-11-6-17(14-32)15-33-21/h6-13,15,24-25,35,37H,3-5,16H2,1-2H3/t24-,25-,29-/m1/s1. The Balaban J connectivity index is 1.76. The van der Waals surface area contributed by atoms with Crippen molar-refractivity contribution in [1.29, 1.82) is 5.26 Å². The summed E-state index contributed by atoms with van der Waals surface area (Å²) in [7, 11) is 0. The Labute approximate surface area is 225 Å². The lowest BCUT2D eigenvalue weighted by atomic mass is 9.88. The van der Waals surface area contributed by atoms with E-state index in [4.69, 9.17) is 21.6 Å². The molecule has 1 saturated carbocycles. The molecule has 9 heteroatoms. The molecule has 1 aliphatic carbocycles. The number of halogens is 2. The lowest BCUT2D eigenvalue weighted by Gasteiger charge is -2.42. The molecule has 0 saturated heterocycles. The molecule has 2 heterocycles. The largest absolute Gasteiger partial charge is 0.390 e. The smallest absolute Gasteiger partial charge is 0.257 e. The monoisotopic (exact) mass is 535 g/mol. The van der Waals surface area contributed by atoms with E-state index in [9.17, 15) is 15.0 Å². The third-order valence-electron chi connectivity index (χ3n) is 7.24. The fraction of sp³-hybridized carbons (Fsp3) is 0.345. The predicted octanol–water partition coefficient (Wildman–Crippen LogP) is 4.76. The number of fused-ring (bicyclic) bond motifs is 1. The van der Waals surface area contributed by atoms with Crippen LogP contribution < -0.4 is 0 Å². The molecule has 1 fully saturated rings. The number of aliphatic hydroxyl groups excluding tert-OH is 1. The van der Waals surface area contributed by atoms with Crippen LogP contribution in [0.3, 0.4) is 0 Å². The highest BCUT2D eigenvalue weighted by Crippen LogP contribution is 2.50. The molecule has 1 aromatic heterocycles. The molecule has 0 bridgehead atoms. The first-order chi connectivity index (χ1) is 18.0.